The summed E-state index contributed by atoms with van der Waals surface area (Å²) < 4.78 is 5.00. The van der Waals surface area contributed by atoms with E-state index >= 15 is 0 Å². The second-order valence-corrected chi connectivity index (χ2v) is 4.95. The van der Waals surface area contributed by atoms with Crippen LogP contribution in [0.25, 0.3) is 0 Å². The smallest absolute Gasteiger partial charge is 0.243 e. The van der Waals surface area contributed by atoms with Gasteiger partial charge in [0, 0.05) is 6.07 Å². The number of aromatic nitrogens is 1. The van der Waals surface area contributed by atoms with Gasteiger partial charge in [-0.3, -0.25) is 15.0 Å². The maximum absolute atomic E-state index is 12.1. The number of hydrogen-bond acceptors (Lipinski definition) is 4. The summed E-state index contributed by atoms with van der Waals surface area (Å²) >= 11 is 0. The van der Waals surface area contributed by atoms with Crippen molar-refractivity contribution in [1.82, 2.24) is 10.1 Å². The van der Waals surface area contributed by atoms with Crippen molar-refractivity contribution in [2.24, 2.45) is 0 Å². The summed E-state index contributed by atoms with van der Waals surface area (Å²) in [4.78, 5) is 14.3. The minimum absolute atomic E-state index is 0.0203. The molecule has 1 atom stereocenters. The minimum Gasteiger partial charge on any atom is -0.338 e. The van der Waals surface area contributed by atoms with Crippen LogP contribution in [0.5, 0.6) is 0 Å². The molecule has 1 aromatic rings. The van der Waals surface area contributed by atoms with Crippen LogP contribution in [0.3, 0.4) is 0 Å². The molecular weight excluding hydrogens is 230 g/mol. The summed E-state index contributed by atoms with van der Waals surface area (Å²) in [5.74, 6) is 0.409. The van der Waals surface area contributed by atoms with Gasteiger partial charge in [-0.25, -0.2) is 0 Å². The number of amides is 1. The van der Waals surface area contributed by atoms with Crippen molar-refractivity contribution < 1.29 is 9.32 Å². The van der Waals surface area contributed by atoms with E-state index in [1.54, 1.807) is 6.07 Å². The van der Waals surface area contributed by atoms with Gasteiger partial charge in [-0.05, 0) is 39.8 Å². The maximum Gasteiger partial charge on any atom is 0.243 e. The van der Waals surface area contributed by atoms with E-state index in [0.717, 1.165) is 18.8 Å². The molecule has 1 aliphatic heterocycles. The highest BCUT2D eigenvalue weighted by Crippen LogP contribution is 2.14. The predicted molar refractivity (Wildman–Crippen MR) is 69.4 cm³/mol. The van der Waals surface area contributed by atoms with Crippen LogP contribution < -0.4 is 5.32 Å². The van der Waals surface area contributed by atoms with Gasteiger partial charge in [-0.2, -0.15) is 0 Å². The highest BCUT2D eigenvalue weighted by Gasteiger charge is 2.22. The van der Waals surface area contributed by atoms with Crippen LogP contribution in [0.4, 0.5) is 5.88 Å². The Labute approximate surface area is 108 Å². The molecule has 2 heterocycles. The fourth-order valence-electron chi connectivity index (χ4n) is 2.30. The van der Waals surface area contributed by atoms with Crippen molar-refractivity contribution in [1.29, 1.82) is 0 Å². The van der Waals surface area contributed by atoms with Gasteiger partial charge >= 0.3 is 0 Å². The number of aryl methyl sites for hydroxylation is 1. The molecule has 2 rings (SSSR count). The molecule has 1 amide bonds. The highest BCUT2D eigenvalue weighted by atomic mass is 16.5. The van der Waals surface area contributed by atoms with Gasteiger partial charge in [-0.15, -0.1) is 0 Å². The lowest BCUT2D eigenvalue weighted by Gasteiger charge is -2.25. The van der Waals surface area contributed by atoms with Gasteiger partial charge in [0.05, 0.1) is 11.7 Å². The Balaban J connectivity index is 1.91. The number of nitrogens with zero attached hydrogens (tertiary/aromatic N) is 2. The molecule has 0 radical (unpaired) electrons. The second kappa shape index (κ2) is 6.00. The first kappa shape index (κ1) is 13.1. The molecule has 0 bridgehead atoms. The summed E-state index contributed by atoms with van der Waals surface area (Å²) in [5, 5.41) is 6.52. The van der Waals surface area contributed by atoms with E-state index in [-0.39, 0.29) is 11.9 Å². The first-order valence-corrected chi connectivity index (χ1v) is 6.65. The summed E-state index contributed by atoms with van der Waals surface area (Å²) in [5.41, 5.74) is 0.771. The normalized spacial score (nSPS) is 19.2. The molecular formula is C13H21N3O2. The van der Waals surface area contributed by atoms with E-state index in [1.165, 1.54) is 25.7 Å². The highest BCUT2D eigenvalue weighted by molar-refractivity contribution is 5.93. The molecule has 1 N–H and O–H groups in total. The number of hydrogen-bond donors (Lipinski definition) is 1. The van der Waals surface area contributed by atoms with Gasteiger partial charge in [0.25, 0.3) is 0 Å². The Morgan fingerprint density at radius 3 is 2.61 bits per heavy atom. The maximum atomic E-state index is 12.1. The third-order valence-electron chi connectivity index (χ3n) is 3.44. The summed E-state index contributed by atoms with van der Waals surface area (Å²) in [6.45, 7) is 5.79. The van der Waals surface area contributed by atoms with Crippen LogP contribution in [-0.4, -0.2) is 35.1 Å². The van der Waals surface area contributed by atoms with E-state index in [0.29, 0.717) is 5.88 Å². The number of rotatable bonds is 3. The molecule has 0 unspecified atom stereocenters. The summed E-state index contributed by atoms with van der Waals surface area (Å²) in [6.07, 6.45) is 4.90. The monoisotopic (exact) mass is 251 g/mol. The SMILES string of the molecule is Cc1cc(NC(=O)[C@H](C)N2CCCCCC2)on1. The van der Waals surface area contributed by atoms with Crippen molar-refractivity contribution in [3.05, 3.63) is 11.8 Å². The lowest BCUT2D eigenvalue weighted by molar-refractivity contribution is -0.120. The van der Waals surface area contributed by atoms with E-state index < -0.39 is 0 Å². The van der Waals surface area contributed by atoms with Crippen molar-refractivity contribution in [2.75, 3.05) is 18.4 Å². The van der Waals surface area contributed by atoms with Crippen LogP contribution in [-0.2, 0) is 4.79 Å². The summed E-state index contributed by atoms with van der Waals surface area (Å²) in [6, 6.07) is 1.61. The Morgan fingerprint density at radius 1 is 1.39 bits per heavy atom. The molecule has 0 aromatic carbocycles. The predicted octanol–water partition coefficient (Wildman–Crippen LogP) is 2.19. The molecule has 5 nitrogen and oxygen atoms in total. The zero-order valence-electron chi connectivity index (χ0n) is 11.1. The first-order valence-electron chi connectivity index (χ1n) is 6.65. The fraction of sp³-hybridized carbons (Fsp3) is 0.692. The third kappa shape index (κ3) is 3.32. The van der Waals surface area contributed by atoms with E-state index in [9.17, 15) is 4.79 Å². The van der Waals surface area contributed by atoms with Crippen molar-refractivity contribution in [3.63, 3.8) is 0 Å². The number of carbonyl (C=O) groups excluding carboxylic acids is 1. The lowest BCUT2D eigenvalue weighted by Crippen LogP contribution is -2.42. The van der Waals surface area contributed by atoms with Gasteiger partial charge in [0.15, 0.2) is 0 Å². The molecule has 1 aromatic heterocycles. The zero-order valence-corrected chi connectivity index (χ0v) is 11.1. The quantitative estimate of drug-likeness (QED) is 0.894. The van der Waals surface area contributed by atoms with Crippen LogP contribution in [0.2, 0.25) is 0 Å². The number of anilines is 1. The number of carbonyl (C=O) groups is 1. The van der Waals surface area contributed by atoms with Gasteiger partial charge in [0.2, 0.25) is 11.8 Å². The average molecular weight is 251 g/mol. The van der Waals surface area contributed by atoms with Gasteiger partial charge in [-0.1, -0.05) is 18.0 Å². The molecule has 1 aliphatic rings. The lowest BCUT2D eigenvalue weighted by atomic mass is 10.2. The van der Waals surface area contributed by atoms with Crippen LogP contribution in [0.1, 0.15) is 38.3 Å². The number of nitrogens with one attached hydrogen (secondary N) is 1. The van der Waals surface area contributed by atoms with Gasteiger partial charge in [0.1, 0.15) is 0 Å². The third-order valence-corrected chi connectivity index (χ3v) is 3.44. The molecule has 100 valence electrons. The van der Waals surface area contributed by atoms with E-state index in [4.69, 9.17) is 4.52 Å². The number of likely N-dealkylation sites (tertiary alicyclic amines) is 1. The topological polar surface area (TPSA) is 58.4 Å². The summed E-state index contributed by atoms with van der Waals surface area (Å²) in [7, 11) is 0. The molecule has 0 spiro atoms. The Kier molecular flexibility index (Phi) is 4.36. The first-order chi connectivity index (χ1) is 8.66. The molecule has 1 saturated heterocycles. The second-order valence-electron chi connectivity index (χ2n) is 4.95. The van der Waals surface area contributed by atoms with Crippen LogP contribution in [0, 0.1) is 6.92 Å². The Bertz CT molecular complexity index is 395. The van der Waals surface area contributed by atoms with Crippen LogP contribution >= 0.6 is 0 Å². The molecule has 18 heavy (non-hydrogen) atoms. The van der Waals surface area contributed by atoms with E-state index in [2.05, 4.69) is 15.4 Å². The molecule has 0 aliphatic carbocycles. The fourth-order valence-corrected chi connectivity index (χ4v) is 2.30. The van der Waals surface area contributed by atoms with Crippen molar-refractivity contribution in [2.45, 2.75) is 45.6 Å². The Morgan fingerprint density at radius 2 is 2.06 bits per heavy atom. The van der Waals surface area contributed by atoms with E-state index in [1.807, 2.05) is 13.8 Å². The van der Waals surface area contributed by atoms with Crippen molar-refractivity contribution in [3.8, 4) is 0 Å². The minimum atomic E-state index is -0.117. The largest absolute Gasteiger partial charge is 0.338 e. The molecule has 1 fully saturated rings. The van der Waals surface area contributed by atoms with Crippen LogP contribution in [0.15, 0.2) is 10.6 Å². The standard InChI is InChI=1S/C13H21N3O2/c1-10-9-12(18-15-10)14-13(17)11(2)16-7-5-3-4-6-8-16/h9,11H,3-8H2,1-2H3,(H,14,17)/t11-/m0/s1. The van der Waals surface area contributed by atoms with Crippen molar-refractivity contribution >= 4 is 11.8 Å². The zero-order chi connectivity index (χ0) is 13.0. The molecule has 0 saturated carbocycles. The average Bonchev–Trinajstić information content (AvgIpc) is 2.62. The Hall–Kier alpha value is -1.36. The van der Waals surface area contributed by atoms with Gasteiger partial charge < -0.3 is 4.52 Å². The molecule has 5 heteroatoms.